The van der Waals surface area contributed by atoms with Gasteiger partial charge in [0.05, 0.1) is 27.4 Å². The zero-order chi connectivity index (χ0) is 27.3. The maximum absolute atomic E-state index is 13.7. The molecule has 2 aromatic carbocycles. The number of amides is 2. The van der Waals surface area contributed by atoms with Crippen LogP contribution in [0.5, 0.6) is 11.5 Å². The lowest BCUT2D eigenvalue weighted by Crippen LogP contribution is -2.44. The Hall–Kier alpha value is -3.52. The topological polar surface area (TPSA) is 84.1 Å². The van der Waals surface area contributed by atoms with Crippen LogP contribution in [-0.2, 0) is 27.3 Å². The van der Waals surface area contributed by atoms with Gasteiger partial charge in [0.25, 0.3) is 0 Å². The average molecular weight is 524 g/mol. The number of rotatable bonds is 16. The van der Waals surface area contributed by atoms with E-state index in [1.54, 1.807) is 26.2 Å². The molecule has 0 aliphatic heterocycles. The van der Waals surface area contributed by atoms with E-state index in [9.17, 15) is 9.59 Å². The van der Waals surface area contributed by atoms with Crippen LogP contribution in [0.15, 0.2) is 48.7 Å². The number of para-hydroxylation sites is 1. The summed E-state index contributed by atoms with van der Waals surface area (Å²) in [5, 5.41) is 1.15. The van der Waals surface area contributed by atoms with Crippen LogP contribution in [0.3, 0.4) is 0 Å². The quantitative estimate of drug-likeness (QED) is 0.272. The molecule has 0 unspecified atom stereocenters. The van der Waals surface area contributed by atoms with Crippen molar-refractivity contribution in [2.24, 2.45) is 0 Å². The Morgan fingerprint density at radius 1 is 0.895 bits per heavy atom. The molecule has 8 heteroatoms. The molecule has 8 nitrogen and oxygen atoms in total. The molecule has 0 fully saturated rings. The molecule has 0 aliphatic carbocycles. The molecule has 0 aliphatic rings. The SMILES string of the molecule is CCCCCC(=O)N(CCOC)CC(=O)N(CCc1c[nH]c2ccccc12)Cc1ccc(OC)c(OC)c1. The number of benzene rings is 2. The largest absolute Gasteiger partial charge is 0.493 e. The molecular weight excluding hydrogens is 482 g/mol. The van der Waals surface area contributed by atoms with Crippen LogP contribution in [0.2, 0.25) is 0 Å². The average Bonchev–Trinajstić information content (AvgIpc) is 3.36. The first-order chi connectivity index (χ1) is 18.5. The summed E-state index contributed by atoms with van der Waals surface area (Å²) in [5.74, 6) is 1.14. The molecular formula is C30H41N3O5. The maximum atomic E-state index is 13.7. The highest BCUT2D eigenvalue weighted by molar-refractivity contribution is 5.85. The van der Waals surface area contributed by atoms with Crippen molar-refractivity contribution in [1.82, 2.24) is 14.8 Å². The van der Waals surface area contributed by atoms with Crippen LogP contribution >= 0.6 is 0 Å². The number of carbonyl (C=O) groups is 2. The van der Waals surface area contributed by atoms with Gasteiger partial charge in [0.2, 0.25) is 11.8 Å². The van der Waals surface area contributed by atoms with Gasteiger partial charge < -0.3 is 29.0 Å². The number of nitrogens with one attached hydrogen (secondary N) is 1. The molecule has 3 rings (SSSR count). The number of hydrogen-bond acceptors (Lipinski definition) is 5. The monoisotopic (exact) mass is 523 g/mol. The molecule has 38 heavy (non-hydrogen) atoms. The third-order valence-corrected chi connectivity index (χ3v) is 6.74. The fourth-order valence-electron chi connectivity index (χ4n) is 4.53. The van der Waals surface area contributed by atoms with Crippen molar-refractivity contribution in [2.75, 3.05) is 47.6 Å². The lowest BCUT2D eigenvalue weighted by atomic mass is 10.1. The molecule has 206 valence electrons. The first-order valence-corrected chi connectivity index (χ1v) is 13.3. The van der Waals surface area contributed by atoms with Crippen LogP contribution in [0, 0.1) is 0 Å². The second kappa shape index (κ2) is 15.0. The standard InChI is InChI=1S/C30H41N3O5/c1-5-6-7-12-29(34)33(17-18-36-2)22-30(35)32(21-23-13-14-27(37-3)28(19-23)38-4)16-15-24-20-31-26-11-9-8-10-25(24)26/h8-11,13-14,19-20,31H,5-7,12,15-18,21-22H2,1-4H3. The molecule has 0 saturated heterocycles. The van der Waals surface area contributed by atoms with Crippen LogP contribution in [0.4, 0.5) is 0 Å². The highest BCUT2D eigenvalue weighted by Gasteiger charge is 2.22. The zero-order valence-electron chi connectivity index (χ0n) is 23.1. The third kappa shape index (κ3) is 7.99. The number of ether oxygens (including phenoxy) is 3. The fourth-order valence-corrected chi connectivity index (χ4v) is 4.53. The summed E-state index contributed by atoms with van der Waals surface area (Å²) in [6.45, 7) is 3.81. The van der Waals surface area contributed by atoms with E-state index < -0.39 is 0 Å². The highest BCUT2D eigenvalue weighted by atomic mass is 16.5. The molecule has 2 amide bonds. The summed E-state index contributed by atoms with van der Waals surface area (Å²) in [4.78, 5) is 33.4. The van der Waals surface area contributed by atoms with Gasteiger partial charge in [-0.1, -0.05) is 44.0 Å². The number of aromatic nitrogens is 1. The number of nitrogens with zero attached hydrogens (tertiary/aromatic N) is 2. The van der Waals surface area contributed by atoms with Gasteiger partial charge in [-0.3, -0.25) is 9.59 Å². The Kier molecular flexibility index (Phi) is 11.5. The van der Waals surface area contributed by atoms with E-state index >= 15 is 0 Å². The summed E-state index contributed by atoms with van der Waals surface area (Å²) >= 11 is 0. The van der Waals surface area contributed by atoms with Gasteiger partial charge in [-0.2, -0.15) is 0 Å². The summed E-state index contributed by atoms with van der Waals surface area (Å²) < 4.78 is 16.1. The number of carbonyl (C=O) groups excluding carboxylic acids is 2. The van der Waals surface area contributed by atoms with Gasteiger partial charge in [-0.25, -0.2) is 0 Å². The summed E-state index contributed by atoms with van der Waals surface area (Å²) in [6.07, 6.45) is 5.99. The summed E-state index contributed by atoms with van der Waals surface area (Å²) in [5.41, 5.74) is 3.15. The van der Waals surface area contributed by atoms with Gasteiger partial charge in [0.1, 0.15) is 0 Å². The number of H-pyrrole nitrogens is 1. The van der Waals surface area contributed by atoms with Crippen LogP contribution in [0.1, 0.15) is 43.7 Å². The van der Waals surface area contributed by atoms with Crippen molar-refractivity contribution in [2.45, 2.75) is 45.6 Å². The fraction of sp³-hybridized carbons (Fsp3) is 0.467. The van der Waals surface area contributed by atoms with E-state index in [2.05, 4.69) is 18.0 Å². The van der Waals surface area contributed by atoms with Crippen molar-refractivity contribution in [1.29, 1.82) is 0 Å². The number of aromatic amines is 1. The Morgan fingerprint density at radius 2 is 1.68 bits per heavy atom. The minimum absolute atomic E-state index is 0.00783. The predicted molar refractivity (Wildman–Crippen MR) is 150 cm³/mol. The van der Waals surface area contributed by atoms with Crippen molar-refractivity contribution < 1.29 is 23.8 Å². The van der Waals surface area contributed by atoms with E-state index in [1.165, 1.54) is 0 Å². The van der Waals surface area contributed by atoms with Gasteiger partial charge in [0, 0.05) is 50.3 Å². The number of hydrogen-bond donors (Lipinski definition) is 1. The Morgan fingerprint density at radius 3 is 2.42 bits per heavy atom. The van der Waals surface area contributed by atoms with Crippen molar-refractivity contribution in [3.63, 3.8) is 0 Å². The molecule has 1 N–H and O–H groups in total. The summed E-state index contributed by atoms with van der Waals surface area (Å²) in [7, 11) is 4.80. The van der Waals surface area contributed by atoms with Crippen molar-refractivity contribution >= 4 is 22.7 Å². The summed E-state index contributed by atoms with van der Waals surface area (Å²) in [6, 6.07) is 13.8. The number of methoxy groups -OCH3 is 3. The van der Waals surface area contributed by atoms with Crippen molar-refractivity contribution in [3.8, 4) is 11.5 Å². The Balaban J connectivity index is 1.80. The highest BCUT2D eigenvalue weighted by Crippen LogP contribution is 2.28. The van der Waals surface area contributed by atoms with E-state index in [-0.39, 0.29) is 18.4 Å². The first kappa shape index (κ1) is 29.0. The maximum Gasteiger partial charge on any atom is 0.242 e. The van der Waals surface area contributed by atoms with Gasteiger partial charge >= 0.3 is 0 Å². The van der Waals surface area contributed by atoms with E-state index in [0.717, 1.165) is 41.3 Å². The molecule has 1 aromatic heterocycles. The van der Waals surface area contributed by atoms with E-state index in [4.69, 9.17) is 14.2 Å². The second-order valence-electron chi connectivity index (χ2n) is 9.38. The normalized spacial score (nSPS) is 10.9. The van der Waals surface area contributed by atoms with Crippen molar-refractivity contribution in [3.05, 3.63) is 59.8 Å². The molecule has 1 heterocycles. The first-order valence-electron chi connectivity index (χ1n) is 13.3. The lowest BCUT2D eigenvalue weighted by molar-refractivity contribution is -0.141. The molecule has 0 saturated carbocycles. The molecule has 0 atom stereocenters. The second-order valence-corrected chi connectivity index (χ2v) is 9.38. The Bertz CT molecular complexity index is 1180. The van der Waals surface area contributed by atoms with Gasteiger partial charge in [-0.05, 0) is 42.2 Å². The zero-order valence-corrected chi connectivity index (χ0v) is 23.1. The van der Waals surface area contributed by atoms with Gasteiger partial charge in [-0.15, -0.1) is 0 Å². The smallest absolute Gasteiger partial charge is 0.242 e. The predicted octanol–water partition coefficient (Wildman–Crippen LogP) is 4.81. The third-order valence-electron chi connectivity index (χ3n) is 6.74. The molecule has 3 aromatic rings. The van der Waals surface area contributed by atoms with E-state index in [0.29, 0.717) is 50.6 Å². The van der Waals surface area contributed by atoms with Gasteiger partial charge in [0.15, 0.2) is 11.5 Å². The van der Waals surface area contributed by atoms with Crippen LogP contribution < -0.4 is 9.47 Å². The van der Waals surface area contributed by atoms with Crippen LogP contribution in [-0.4, -0.2) is 74.2 Å². The minimum Gasteiger partial charge on any atom is -0.493 e. The van der Waals surface area contributed by atoms with E-state index in [1.807, 2.05) is 47.5 Å². The number of unbranched alkanes of at least 4 members (excludes halogenated alkanes) is 2. The molecule has 0 bridgehead atoms. The molecule has 0 radical (unpaired) electrons. The van der Waals surface area contributed by atoms with Crippen LogP contribution in [0.25, 0.3) is 10.9 Å². The Labute approximate surface area is 225 Å². The minimum atomic E-state index is -0.0976. The lowest BCUT2D eigenvalue weighted by Gasteiger charge is -2.28. The number of fused-ring (bicyclic) bond motifs is 1. The molecule has 0 spiro atoms.